The number of ether oxygens (including phenoxy) is 1. The minimum atomic E-state index is -1.08. The van der Waals surface area contributed by atoms with Crippen LogP contribution in [0.2, 0.25) is 0 Å². The normalized spacial score (nSPS) is 12.6. The first kappa shape index (κ1) is 19.7. The summed E-state index contributed by atoms with van der Waals surface area (Å²) in [6, 6.07) is 5.98. The lowest BCUT2D eigenvalue weighted by atomic mass is 10.1. The van der Waals surface area contributed by atoms with Crippen LogP contribution in [0.25, 0.3) is 5.69 Å². The van der Waals surface area contributed by atoms with Crippen LogP contribution in [0.15, 0.2) is 36.7 Å². The number of hydrogen-bond acceptors (Lipinski definition) is 4. The molecule has 2 aromatic rings. The van der Waals surface area contributed by atoms with Gasteiger partial charge in [-0.2, -0.15) is 5.10 Å². The average Bonchev–Trinajstić information content (AvgIpc) is 3.06. The molecule has 1 amide bonds. The molecule has 0 aliphatic carbocycles. The highest BCUT2D eigenvalue weighted by molar-refractivity contribution is 5.97. The van der Waals surface area contributed by atoms with Crippen molar-refractivity contribution >= 4 is 11.9 Å². The Morgan fingerprint density at radius 3 is 2.62 bits per heavy atom. The van der Waals surface area contributed by atoms with E-state index in [9.17, 15) is 14.7 Å². The van der Waals surface area contributed by atoms with Crippen LogP contribution in [-0.2, 0) is 9.53 Å². The summed E-state index contributed by atoms with van der Waals surface area (Å²) in [5.41, 5.74) is 1.78. The van der Waals surface area contributed by atoms with Gasteiger partial charge in [-0.1, -0.05) is 0 Å². The number of carbonyl (C=O) groups excluding carboxylic acids is 1. The van der Waals surface area contributed by atoms with Crippen molar-refractivity contribution in [2.45, 2.75) is 45.8 Å². The minimum Gasteiger partial charge on any atom is -0.480 e. The number of benzene rings is 1. The highest BCUT2D eigenvalue weighted by Gasteiger charge is 2.22. The highest BCUT2D eigenvalue weighted by Crippen LogP contribution is 2.15. The molecule has 2 rings (SSSR count). The Hall–Kier alpha value is -2.67. The fourth-order valence-corrected chi connectivity index (χ4v) is 2.45. The van der Waals surface area contributed by atoms with Gasteiger partial charge in [0, 0.05) is 31.0 Å². The van der Waals surface area contributed by atoms with Crippen LogP contribution >= 0.6 is 0 Å². The Morgan fingerprint density at radius 1 is 1.35 bits per heavy atom. The molecular formula is C19H25N3O4. The zero-order valence-corrected chi connectivity index (χ0v) is 15.5. The van der Waals surface area contributed by atoms with E-state index in [4.69, 9.17) is 4.74 Å². The van der Waals surface area contributed by atoms with Crippen LogP contribution in [0.5, 0.6) is 0 Å². The summed E-state index contributed by atoms with van der Waals surface area (Å²) in [4.78, 5) is 23.8. The van der Waals surface area contributed by atoms with E-state index < -0.39 is 17.9 Å². The molecule has 7 heteroatoms. The fraction of sp³-hybridized carbons (Fsp3) is 0.421. The van der Waals surface area contributed by atoms with E-state index in [2.05, 4.69) is 10.4 Å². The van der Waals surface area contributed by atoms with E-state index >= 15 is 0 Å². The van der Waals surface area contributed by atoms with E-state index in [1.807, 2.05) is 40.0 Å². The molecule has 26 heavy (non-hydrogen) atoms. The van der Waals surface area contributed by atoms with Crippen LogP contribution in [0.1, 0.15) is 43.1 Å². The topological polar surface area (TPSA) is 93.5 Å². The molecule has 0 aliphatic heterocycles. The Kier molecular flexibility index (Phi) is 6.15. The summed E-state index contributed by atoms with van der Waals surface area (Å²) in [5.74, 6) is -1.51. The van der Waals surface area contributed by atoms with Gasteiger partial charge in [0.25, 0.3) is 5.91 Å². The maximum absolute atomic E-state index is 12.4. The second-order valence-electron chi connectivity index (χ2n) is 7.07. The predicted molar refractivity (Wildman–Crippen MR) is 97.5 cm³/mol. The van der Waals surface area contributed by atoms with Gasteiger partial charge in [0.15, 0.2) is 0 Å². The molecule has 1 heterocycles. The predicted octanol–water partition coefficient (Wildman–Crippen LogP) is 2.57. The van der Waals surface area contributed by atoms with Crippen LogP contribution in [0.3, 0.4) is 0 Å². The summed E-state index contributed by atoms with van der Waals surface area (Å²) in [6.45, 7) is 7.81. The van der Waals surface area contributed by atoms with Gasteiger partial charge in [-0.05, 0) is 57.5 Å². The second-order valence-corrected chi connectivity index (χ2v) is 7.07. The van der Waals surface area contributed by atoms with Crippen molar-refractivity contribution in [2.75, 3.05) is 6.61 Å². The molecule has 140 valence electrons. The minimum absolute atomic E-state index is 0.197. The van der Waals surface area contributed by atoms with Crippen molar-refractivity contribution < 1.29 is 19.4 Å². The summed E-state index contributed by atoms with van der Waals surface area (Å²) < 4.78 is 7.26. The molecule has 7 nitrogen and oxygen atoms in total. The molecule has 0 saturated heterocycles. The van der Waals surface area contributed by atoms with Crippen LogP contribution in [-0.4, -0.2) is 45.0 Å². The van der Waals surface area contributed by atoms with Crippen LogP contribution < -0.4 is 5.32 Å². The van der Waals surface area contributed by atoms with Gasteiger partial charge in [0.2, 0.25) is 0 Å². The lowest BCUT2D eigenvalue weighted by Gasteiger charge is -2.21. The maximum Gasteiger partial charge on any atom is 0.326 e. The molecule has 2 N–H and O–H groups in total. The highest BCUT2D eigenvalue weighted by atomic mass is 16.5. The molecule has 0 fully saturated rings. The van der Waals surface area contributed by atoms with Crippen molar-refractivity contribution in [2.24, 2.45) is 0 Å². The van der Waals surface area contributed by atoms with Crippen LogP contribution in [0.4, 0.5) is 0 Å². The summed E-state index contributed by atoms with van der Waals surface area (Å²) in [5, 5.41) is 16.1. The number of rotatable bonds is 7. The van der Waals surface area contributed by atoms with E-state index in [1.54, 1.807) is 29.1 Å². The van der Waals surface area contributed by atoms with E-state index in [1.165, 1.54) is 0 Å². The van der Waals surface area contributed by atoms with Gasteiger partial charge in [-0.25, -0.2) is 9.48 Å². The van der Waals surface area contributed by atoms with Crippen molar-refractivity contribution in [1.82, 2.24) is 15.1 Å². The standard InChI is InChI=1S/C19H25N3O4/c1-13-12-14(6-7-16(13)22-10-5-9-20-22)17(23)21-15(18(24)25)8-11-26-19(2,3)4/h5-7,9-10,12,15H,8,11H2,1-4H3,(H,21,23)(H,24,25). The number of nitrogens with one attached hydrogen (secondary N) is 1. The molecule has 1 unspecified atom stereocenters. The monoisotopic (exact) mass is 359 g/mol. The largest absolute Gasteiger partial charge is 0.480 e. The summed E-state index contributed by atoms with van der Waals surface area (Å²) in [7, 11) is 0. The van der Waals surface area contributed by atoms with E-state index in [0.29, 0.717) is 5.56 Å². The van der Waals surface area contributed by atoms with Crippen molar-refractivity contribution in [3.8, 4) is 5.69 Å². The van der Waals surface area contributed by atoms with Gasteiger partial charge < -0.3 is 15.2 Å². The second kappa shape index (κ2) is 8.14. The van der Waals surface area contributed by atoms with Crippen molar-refractivity contribution in [1.29, 1.82) is 0 Å². The molecule has 0 bridgehead atoms. The van der Waals surface area contributed by atoms with Gasteiger partial charge in [-0.3, -0.25) is 4.79 Å². The zero-order chi connectivity index (χ0) is 19.3. The zero-order valence-electron chi connectivity index (χ0n) is 15.5. The van der Waals surface area contributed by atoms with Gasteiger partial charge in [-0.15, -0.1) is 0 Å². The van der Waals surface area contributed by atoms with Gasteiger partial charge >= 0.3 is 5.97 Å². The Morgan fingerprint density at radius 2 is 2.08 bits per heavy atom. The lowest BCUT2D eigenvalue weighted by Crippen LogP contribution is -2.42. The summed E-state index contributed by atoms with van der Waals surface area (Å²) >= 11 is 0. The third-order valence-corrected chi connectivity index (χ3v) is 3.76. The number of amides is 1. The Bertz CT molecular complexity index is 764. The molecule has 0 aliphatic rings. The van der Waals surface area contributed by atoms with Gasteiger partial charge in [0.1, 0.15) is 6.04 Å². The number of aryl methyl sites for hydroxylation is 1. The molecule has 0 saturated carbocycles. The number of aliphatic carboxylic acids is 1. The maximum atomic E-state index is 12.4. The Labute approximate surface area is 153 Å². The molecule has 1 aromatic heterocycles. The number of hydrogen-bond donors (Lipinski definition) is 2. The van der Waals surface area contributed by atoms with E-state index in [-0.39, 0.29) is 18.6 Å². The number of aromatic nitrogens is 2. The third-order valence-electron chi connectivity index (χ3n) is 3.76. The quantitative estimate of drug-likeness (QED) is 0.792. The third kappa shape index (κ3) is 5.42. The molecule has 0 spiro atoms. The smallest absolute Gasteiger partial charge is 0.326 e. The molecule has 1 atom stereocenters. The SMILES string of the molecule is Cc1cc(C(=O)NC(CCOC(C)(C)C)C(=O)O)ccc1-n1cccn1. The van der Waals surface area contributed by atoms with Crippen molar-refractivity contribution in [3.63, 3.8) is 0 Å². The number of carbonyl (C=O) groups is 2. The van der Waals surface area contributed by atoms with Crippen molar-refractivity contribution in [3.05, 3.63) is 47.8 Å². The number of carboxylic acid groups (broad SMARTS) is 1. The van der Waals surface area contributed by atoms with E-state index in [0.717, 1.165) is 11.3 Å². The first-order valence-electron chi connectivity index (χ1n) is 8.45. The molecule has 0 radical (unpaired) electrons. The average molecular weight is 359 g/mol. The van der Waals surface area contributed by atoms with Gasteiger partial charge in [0.05, 0.1) is 11.3 Å². The molecular weight excluding hydrogens is 334 g/mol. The fourth-order valence-electron chi connectivity index (χ4n) is 2.45. The first-order valence-corrected chi connectivity index (χ1v) is 8.45. The van der Waals surface area contributed by atoms with Crippen LogP contribution in [0, 0.1) is 6.92 Å². The summed E-state index contributed by atoms with van der Waals surface area (Å²) in [6.07, 6.45) is 3.69. The Balaban J connectivity index is 2.05. The number of nitrogens with zero attached hydrogens (tertiary/aromatic N) is 2. The lowest BCUT2D eigenvalue weighted by molar-refractivity contribution is -0.140. The number of carboxylic acids is 1. The first-order chi connectivity index (χ1) is 12.2. The molecule has 1 aromatic carbocycles.